The Morgan fingerprint density at radius 3 is 2.33 bits per heavy atom. The van der Waals surface area contributed by atoms with Crippen LogP contribution in [0.3, 0.4) is 0 Å². The highest BCUT2D eigenvalue weighted by atomic mass is 32.2. The molecule has 36 heavy (non-hydrogen) atoms. The molecular formula is C26H19F2N3O4S. The van der Waals surface area contributed by atoms with Crippen LogP contribution in [-0.4, -0.2) is 21.9 Å². The van der Waals surface area contributed by atoms with Gasteiger partial charge in [0.1, 0.15) is 22.9 Å². The number of nitrogens with zero attached hydrogens (tertiary/aromatic N) is 3. The number of benzene rings is 2. The smallest absolute Gasteiger partial charge is 0.275 e. The third kappa shape index (κ3) is 4.05. The van der Waals surface area contributed by atoms with E-state index in [1.165, 1.54) is 48.4 Å². The van der Waals surface area contributed by atoms with Crippen LogP contribution in [0.4, 0.5) is 8.78 Å². The summed E-state index contributed by atoms with van der Waals surface area (Å²) in [6, 6.07) is 13.9. The summed E-state index contributed by atoms with van der Waals surface area (Å²) in [5, 5.41) is 0.344. The third-order valence-corrected chi connectivity index (χ3v) is 7.37. The van der Waals surface area contributed by atoms with Crippen LogP contribution in [0, 0.1) is 18.6 Å². The topological polar surface area (TPSA) is 83.2 Å². The summed E-state index contributed by atoms with van der Waals surface area (Å²) in [5.74, 6) is -1.71. The Morgan fingerprint density at radius 1 is 0.944 bits per heavy atom. The van der Waals surface area contributed by atoms with Gasteiger partial charge in [-0.25, -0.2) is 26.2 Å². The second-order valence-electron chi connectivity index (χ2n) is 8.21. The minimum atomic E-state index is -4.07. The molecule has 0 N–H and O–H groups in total. The number of hydrogen-bond acceptors (Lipinski definition) is 5. The van der Waals surface area contributed by atoms with Crippen LogP contribution in [0.2, 0.25) is 0 Å². The van der Waals surface area contributed by atoms with Crippen molar-refractivity contribution in [2.24, 2.45) is 7.05 Å². The van der Waals surface area contributed by atoms with E-state index < -0.39 is 27.2 Å². The van der Waals surface area contributed by atoms with E-state index in [9.17, 15) is 22.0 Å². The van der Waals surface area contributed by atoms with Crippen molar-refractivity contribution in [3.8, 4) is 22.8 Å². The molecule has 3 heterocycles. The highest BCUT2D eigenvalue weighted by Crippen LogP contribution is 2.36. The van der Waals surface area contributed by atoms with E-state index >= 15 is 0 Å². The first-order chi connectivity index (χ1) is 17.1. The molecule has 10 heteroatoms. The molecule has 0 aliphatic carbocycles. The lowest BCUT2D eigenvalue weighted by Crippen LogP contribution is -2.22. The first-order valence-corrected chi connectivity index (χ1v) is 12.2. The Hall–Kier alpha value is -4.31. The summed E-state index contributed by atoms with van der Waals surface area (Å²) in [7, 11) is -2.57. The predicted octanol–water partition coefficient (Wildman–Crippen LogP) is 5.02. The minimum Gasteiger partial charge on any atom is -0.438 e. The fourth-order valence-electron chi connectivity index (χ4n) is 3.95. The molecule has 0 saturated heterocycles. The van der Waals surface area contributed by atoms with Crippen molar-refractivity contribution in [2.75, 3.05) is 0 Å². The van der Waals surface area contributed by atoms with E-state index in [0.717, 1.165) is 27.7 Å². The van der Waals surface area contributed by atoms with Crippen molar-refractivity contribution >= 4 is 20.9 Å². The summed E-state index contributed by atoms with van der Waals surface area (Å²) in [5.41, 5.74) is 1.17. The minimum absolute atomic E-state index is 0.0246. The van der Waals surface area contributed by atoms with E-state index in [0.29, 0.717) is 16.5 Å². The van der Waals surface area contributed by atoms with Crippen molar-refractivity contribution in [1.29, 1.82) is 0 Å². The Morgan fingerprint density at radius 2 is 1.64 bits per heavy atom. The van der Waals surface area contributed by atoms with Gasteiger partial charge in [-0.3, -0.25) is 4.79 Å². The van der Waals surface area contributed by atoms with Crippen LogP contribution in [0.1, 0.15) is 5.56 Å². The molecule has 7 nitrogen and oxygen atoms in total. The number of hydrogen-bond donors (Lipinski definition) is 0. The average Bonchev–Trinajstić information content (AvgIpc) is 3.28. The molecule has 0 bridgehead atoms. The molecule has 0 amide bonds. The van der Waals surface area contributed by atoms with Gasteiger partial charge in [-0.2, -0.15) is 0 Å². The van der Waals surface area contributed by atoms with Crippen LogP contribution < -0.4 is 10.3 Å². The highest BCUT2D eigenvalue weighted by Gasteiger charge is 2.24. The fourth-order valence-corrected chi connectivity index (χ4v) is 5.29. The molecule has 0 unspecified atom stereocenters. The molecule has 0 aliphatic rings. The van der Waals surface area contributed by atoms with E-state index in [4.69, 9.17) is 4.74 Å². The van der Waals surface area contributed by atoms with Crippen LogP contribution in [-0.2, 0) is 17.1 Å². The summed E-state index contributed by atoms with van der Waals surface area (Å²) in [6.45, 7) is 1.84. The van der Waals surface area contributed by atoms with Gasteiger partial charge in [-0.05, 0) is 37.3 Å². The summed E-state index contributed by atoms with van der Waals surface area (Å²) < 4.78 is 62.1. The van der Waals surface area contributed by atoms with Gasteiger partial charge < -0.3 is 9.30 Å². The monoisotopic (exact) mass is 507 g/mol. The van der Waals surface area contributed by atoms with Gasteiger partial charge in [0.15, 0.2) is 0 Å². The number of fused-ring (bicyclic) bond motifs is 1. The Kier molecular flexibility index (Phi) is 5.68. The van der Waals surface area contributed by atoms with Gasteiger partial charge in [0, 0.05) is 60.4 Å². The maximum absolute atomic E-state index is 13.7. The van der Waals surface area contributed by atoms with E-state index in [2.05, 4.69) is 4.98 Å². The zero-order chi connectivity index (χ0) is 25.6. The first kappa shape index (κ1) is 23.4. The number of pyridine rings is 2. The summed E-state index contributed by atoms with van der Waals surface area (Å²) in [6.07, 6.45) is 4.30. The molecule has 5 aromatic rings. The van der Waals surface area contributed by atoms with Crippen molar-refractivity contribution in [2.45, 2.75) is 11.8 Å². The van der Waals surface area contributed by atoms with Crippen molar-refractivity contribution in [3.05, 3.63) is 107 Å². The van der Waals surface area contributed by atoms with E-state index in [-0.39, 0.29) is 22.0 Å². The number of ether oxygens (including phenoxy) is 1. The normalized spacial score (nSPS) is 11.7. The Balaban J connectivity index is 1.70. The highest BCUT2D eigenvalue weighted by molar-refractivity contribution is 7.90. The van der Waals surface area contributed by atoms with Gasteiger partial charge in [-0.1, -0.05) is 17.7 Å². The maximum Gasteiger partial charge on any atom is 0.275 e. The van der Waals surface area contributed by atoms with Crippen molar-refractivity contribution in [1.82, 2.24) is 13.5 Å². The van der Waals surface area contributed by atoms with Crippen LogP contribution in [0.25, 0.3) is 22.0 Å². The molecule has 0 radical (unpaired) electrons. The molecule has 0 atom stereocenters. The van der Waals surface area contributed by atoms with Gasteiger partial charge in [0.2, 0.25) is 5.88 Å². The van der Waals surface area contributed by atoms with Crippen LogP contribution in [0.5, 0.6) is 11.6 Å². The van der Waals surface area contributed by atoms with Crippen molar-refractivity contribution < 1.29 is 21.9 Å². The lowest BCUT2D eigenvalue weighted by molar-refractivity contribution is 0.453. The number of rotatable bonds is 5. The summed E-state index contributed by atoms with van der Waals surface area (Å²) in [4.78, 5) is 17.4. The lowest BCUT2D eigenvalue weighted by atomic mass is 10.1. The van der Waals surface area contributed by atoms with Gasteiger partial charge in [0.05, 0.1) is 4.90 Å². The molecular weight excluding hydrogens is 488 g/mol. The zero-order valence-electron chi connectivity index (χ0n) is 19.1. The SMILES string of the molecule is Cc1ccc(S(=O)(=O)n2ccc3c(-c4cccnc4Oc4cc(F)cc(F)c4)cn(C)c(=O)c32)cc1. The number of aryl methyl sites for hydroxylation is 2. The molecule has 0 fully saturated rings. The molecule has 2 aromatic carbocycles. The van der Waals surface area contributed by atoms with E-state index in [1.807, 2.05) is 6.92 Å². The summed E-state index contributed by atoms with van der Waals surface area (Å²) >= 11 is 0. The quantitative estimate of drug-likeness (QED) is 0.334. The van der Waals surface area contributed by atoms with Gasteiger partial charge in [-0.15, -0.1) is 0 Å². The third-order valence-electron chi connectivity index (χ3n) is 5.68. The molecule has 0 spiro atoms. The average molecular weight is 508 g/mol. The second kappa shape index (κ2) is 8.72. The fraction of sp³-hybridized carbons (Fsp3) is 0.0769. The first-order valence-electron chi connectivity index (χ1n) is 10.8. The zero-order valence-corrected chi connectivity index (χ0v) is 20.0. The van der Waals surface area contributed by atoms with Gasteiger partial charge in [0.25, 0.3) is 15.6 Å². The maximum atomic E-state index is 13.7. The van der Waals surface area contributed by atoms with Crippen LogP contribution in [0.15, 0.2) is 88.9 Å². The molecule has 0 aliphatic heterocycles. The standard InChI is InChI=1S/C26H19F2N3O4S/c1-16-5-7-20(8-6-16)36(33,34)31-11-9-21-23(15-30(2)26(32)24(21)31)22-4-3-10-29-25(22)35-19-13-17(27)12-18(28)14-19/h3-15H,1-2H3. The number of aromatic nitrogens is 3. The van der Waals surface area contributed by atoms with Crippen LogP contribution >= 0.6 is 0 Å². The lowest BCUT2D eigenvalue weighted by Gasteiger charge is -2.13. The molecule has 5 rings (SSSR count). The predicted molar refractivity (Wildman–Crippen MR) is 131 cm³/mol. The number of halogens is 2. The largest absolute Gasteiger partial charge is 0.438 e. The molecule has 182 valence electrons. The molecule has 3 aromatic heterocycles. The van der Waals surface area contributed by atoms with Crippen molar-refractivity contribution in [3.63, 3.8) is 0 Å². The second-order valence-corrected chi connectivity index (χ2v) is 10.0. The van der Waals surface area contributed by atoms with E-state index in [1.54, 1.807) is 24.3 Å². The van der Waals surface area contributed by atoms with Gasteiger partial charge >= 0.3 is 0 Å². The Bertz CT molecular complexity index is 1770. The molecule has 0 saturated carbocycles. The Labute approximate surface area is 204 Å².